The fourth-order valence-corrected chi connectivity index (χ4v) is 7.34. The molecule has 0 saturated carbocycles. The van der Waals surface area contributed by atoms with Crippen molar-refractivity contribution in [2.45, 2.75) is 22.6 Å². The predicted octanol–water partition coefficient (Wildman–Crippen LogP) is 0.252. The summed E-state index contributed by atoms with van der Waals surface area (Å²) < 4.78 is 54.1. The first kappa shape index (κ1) is 17.4. The van der Waals surface area contributed by atoms with E-state index in [0.29, 0.717) is 19.6 Å². The van der Waals surface area contributed by atoms with Crippen molar-refractivity contribution in [2.24, 2.45) is 0 Å². The lowest BCUT2D eigenvalue weighted by atomic mass is 10.2. The number of methoxy groups -OCH3 is 1. The SMILES string of the molecule is COCCCN[C@@H]1CS(=O)(=O)C[C@H]1S(=O)(=O)c1ccccc1. The van der Waals surface area contributed by atoms with Gasteiger partial charge in [-0.15, -0.1) is 0 Å². The summed E-state index contributed by atoms with van der Waals surface area (Å²) in [5.74, 6) is -0.469. The van der Waals surface area contributed by atoms with Crippen molar-refractivity contribution in [3.63, 3.8) is 0 Å². The van der Waals surface area contributed by atoms with Crippen molar-refractivity contribution in [3.8, 4) is 0 Å². The molecule has 1 saturated heterocycles. The highest BCUT2D eigenvalue weighted by molar-refractivity contribution is 7.96. The lowest BCUT2D eigenvalue weighted by molar-refractivity contribution is 0.193. The first-order valence-corrected chi connectivity index (χ1v) is 10.5. The number of sulfone groups is 2. The topological polar surface area (TPSA) is 89.5 Å². The molecule has 0 bridgehead atoms. The second-order valence-corrected chi connectivity index (χ2v) is 9.70. The van der Waals surface area contributed by atoms with Crippen LogP contribution in [0.5, 0.6) is 0 Å². The number of ether oxygens (including phenoxy) is 1. The number of hydrogen-bond donors (Lipinski definition) is 1. The van der Waals surface area contributed by atoms with Gasteiger partial charge in [0.05, 0.1) is 21.7 Å². The van der Waals surface area contributed by atoms with E-state index in [1.165, 1.54) is 12.1 Å². The summed E-state index contributed by atoms with van der Waals surface area (Å²) in [6, 6.07) is 7.43. The highest BCUT2D eigenvalue weighted by Gasteiger charge is 2.45. The van der Waals surface area contributed by atoms with Crippen LogP contribution in [0.4, 0.5) is 0 Å². The minimum absolute atomic E-state index is 0.142. The largest absolute Gasteiger partial charge is 0.385 e. The maximum atomic E-state index is 12.7. The Morgan fingerprint density at radius 3 is 2.55 bits per heavy atom. The van der Waals surface area contributed by atoms with Gasteiger partial charge in [0.1, 0.15) is 0 Å². The Morgan fingerprint density at radius 2 is 1.91 bits per heavy atom. The molecule has 0 radical (unpaired) electrons. The van der Waals surface area contributed by atoms with E-state index in [0.717, 1.165) is 0 Å². The Balaban J connectivity index is 2.19. The Labute approximate surface area is 131 Å². The van der Waals surface area contributed by atoms with Crippen molar-refractivity contribution in [3.05, 3.63) is 30.3 Å². The van der Waals surface area contributed by atoms with Gasteiger partial charge >= 0.3 is 0 Å². The van der Waals surface area contributed by atoms with Crippen LogP contribution in [0.3, 0.4) is 0 Å². The van der Waals surface area contributed by atoms with Crippen LogP contribution in [0.2, 0.25) is 0 Å². The average molecular weight is 347 g/mol. The van der Waals surface area contributed by atoms with Gasteiger partial charge in [0.25, 0.3) is 0 Å². The summed E-state index contributed by atoms with van der Waals surface area (Å²) >= 11 is 0. The zero-order valence-corrected chi connectivity index (χ0v) is 14.1. The van der Waals surface area contributed by atoms with Crippen LogP contribution in [-0.2, 0) is 24.4 Å². The van der Waals surface area contributed by atoms with E-state index in [1.807, 2.05) is 0 Å². The zero-order valence-electron chi connectivity index (χ0n) is 12.4. The highest BCUT2D eigenvalue weighted by Crippen LogP contribution is 2.25. The van der Waals surface area contributed by atoms with Gasteiger partial charge in [0, 0.05) is 19.8 Å². The smallest absolute Gasteiger partial charge is 0.183 e. The van der Waals surface area contributed by atoms with Crippen LogP contribution in [0.25, 0.3) is 0 Å². The van der Waals surface area contributed by atoms with Crippen molar-refractivity contribution in [2.75, 3.05) is 31.8 Å². The highest BCUT2D eigenvalue weighted by atomic mass is 32.2. The molecular formula is C14H21NO5S2. The van der Waals surface area contributed by atoms with Crippen LogP contribution in [-0.4, -0.2) is 59.9 Å². The normalized spacial score (nSPS) is 24.4. The van der Waals surface area contributed by atoms with Crippen molar-refractivity contribution >= 4 is 19.7 Å². The molecule has 1 aromatic rings. The first-order valence-electron chi connectivity index (χ1n) is 7.08. The lowest BCUT2D eigenvalue weighted by Crippen LogP contribution is -2.43. The molecular weight excluding hydrogens is 326 g/mol. The predicted molar refractivity (Wildman–Crippen MR) is 84.4 cm³/mol. The third-order valence-electron chi connectivity index (χ3n) is 3.70. The first-order chi connectivity index (χ1) is 10.4. The third-order valence-corrected chi connectivity index (χ3v) is 7.87. The average Bonchev–Trinajstić information content (AvgIpc) is 2.80. The standard InChI is InChI=1S/C14H21NO5S2/c1-20-9-5-8-15-13-10-21(16,17)11-14(13)22(18,19)12-6-3-2-4-7-12/h2-4,6-7,13-15H,5,8-11H2,1H3/t13-,14-/m1/s1. The van der Waals surface area contributed by atoms with E-state index in [9.17, 15) is 16.8 Å². The number of hydrogen-bond acceptors (Lipinski definition) is 6. The molecule has 0 unspecified atom stereocenters. The maximum Gasteiger partial charge on any atom is 0.183 e. The Hall–Kier alpha value is -0.960. The van der Waals surface area contributed by atoms with Crippen molar-refractivity contribution in [1.82, 2.24) is 5.32 Å². The van der Waals surface area contributed by atoms with E-state index < -0.39 is 31.0 Å². The summed E-state index contributed by atoms with van der Waals surface area (Å²) in [5.41, 5.74) is 0. The summed E-state index contributed by atoms with van der Waals surface area (Å²) in [7, 11) is -5.44. The summed E-state index contributed by atoms with van der Waals surface area (Å²) in [4.78, 5) is 0.167. The van der Waals surface area contributed by atoms with Crippen molar-refractivity contribution < 1.29 is 21.6 Å². The van der Waals surface area contributed by atoms with Gasteiger partial charge in [-0.25, -0.2) is 16.8 Å². The molecule has 2 rings (SSSR count). The number of rotatable bonds is 7. The lowest BCUT2D eigenvalue weighted by Gasteiger charge is -2.20. The fourth-order valence-electron chi connectivity index (χ4n) is 2.60. The van der Waals surface area contributed by atoms with Crippen LogP contribution in [0.15, 0.2) is 35.2 Å². The van der Waals surface area contributed by atoms with E-state index in [-0.39, 0.29) is 16.4 Å². The second-order valence-electron chi connectivity index (χ2n) is 5.38. The maximum absolute atomic E-state index is 12.7. The molecule has 8 heteroatoms. The molecule has 1 N–H and O–H groups in total. The van der Waals surface area contributed by atoms with Gasteiger partial charge in [-0.1, -0.05) is 18.2 Å². The summed E-state index contributed by atoms with van der Waals surface area (Å²) in [6.07, 6.45) is 0.700. The molecule has 0 amide bonds. The van der Waals surface area contributed by atoms with Crippen molar-refractivity contribution in [1.29, 1.82) is 0 Å². The molecule has 1 heterocycles. The third kappa shape index (κ3) is 4.07. The Bertz CT molecular complexity index is 685. The zero-order chi connectivity index (χ0) is 16.2. The molecule has 6 nitrogen and oxygen atoms in total. The Morgan fingerprint density at radius 1 is 1.23 bits per heavy atom. The number of benzene rings is 1. The molecule has 124 valence electrons. The van der Waals surface area contributed by atoms with Crippen LogP contribution in [0.1, 0.15) is 6.42 Å². The van der Waals surface area contributed by atoms with Gasteiger partial charge < -0.3 is 10.1 Å². The molecule has 2 atom stereocenters. The fraction of sp³-hybridized carbons (Fsp3) is 0.571. The van der Waals surface area contributed by atoms with Crippen LogP contribution in [0, 0.1) is 0 Å². The monoisotopic (exact) mass is 347 g/mol. The summed E-state index contributed by atoms with van der Waals surface area (Å²) in [5, 5.41) is 2.12. The summed E-state index contributed by atoms with van der Waals surface area (Å²) in [6.45, 7) is 1.07. The minimum Gasteiger partial charge on any atom is -0.385 e. The molecule has 1 aromatic carbocycles. The van der Waals surface area contributed by atoms with Gasteiger partial charge in [-0.2, -0.15) is 0 Å². The molecule has 1 fully saturated rings. The minimum atomic E-state index is -3.67. The quantitative estimate of drug-likeness (QED) is 0.711. The molecule has 0 spiro atoms. The van der Waals surface area contributed by atoms with Gasteiger partial charge in [0.2, 0.25) is 0 Å². The molecule has 1 aliphatic rings. The van der Waals surface area contributed by atoms with Gasteiger partial charge in [0.15, 0.2) is 19.7 Å². The molecule has 22 heavy (non-hydrogen) atoms. The van der Waals surface area contributed by atoms with Crippen LogP contribution >= 0.6 is 0 Å². The number of nitrogens with one attached hydrogen (secondary N) is 1. The second kappa shape index (κ2) is 7.08. The van der Waals surface area contributed by atoms with Gasteiger partial charge in [-0.05, 0) is 25.1 Å². The molecule has 0 aliphatic carbocycles. The van der Waals surface area contributed by atoms with E-state index >= 15 is 0 Å². The molecule has 0 aromatic heterocycles. The van der Waals surface area contributed by atoms with E-state index in [4.69, 9.17) is 4.74 Å². The van der Waals surface area contributed by atoms with E-state index in [2.05, 4.69) is 5.32 Å². The Kier molecular flexibility index (Phi) is 5.60. The van der Waals surface area contributed by atoms with E-state index in [1.54, 1.807) is 25.3 Å². The molecule has 1 aliphatic heterocycles. The van der Waals surface area contributed by atoms with Gasteiger partial charge in [-0.3, -0.25) is 0 Å². The van der Waals surface area contributed by atoms with Crippen LogP contribution < -0.4 is 5.32 Å².